The van der Waals surface area contributed by atoms with Crippen LogP contribution in [0.5, 0.6) is 0 Å². The Labute approximate surface area is 155 Å². The maximum atomic E-state index is 12.1. The zero-order chi connectivity index (χ0) is 18.8. The van der Waals surface area contributed by atoms with Crippen LogP contribution in [0.2, 0.25) is 0 Å². The fourth-order valence-electron chi connectivity index (χ4n) is 3.06. The number of likely N-dealkylation sites (N-methyl/N-ethyl adjacent to an activating group) is 1. The first-order chi connectivity index (χ1) is 12.6. The lowest BCUT2D eigenvalue weighted by molar-refractivity contribution is -0.120. The van der Waals surface area contributed by atoms with Gasteiger partial charge in [0.05, 0.1) is 25.3 Å². The van der Waals surface area contributed by atoms with Gasteiger partial charge in [0.25, 0.3) is 0 Å². The summed E-state index contributed by atoms with van der Waals surface area (Å²) in [6, 6.07) is 9.91. The van der Waals surface area contributed by atoms with E-state index < -0.39 is 0 Å². The van der Waals surface area contributed by atoms with Gasteiger partial charge in [0.2, 0.25) is 5.91 Å². The molecular weight excluding hydrogens is 332 g/mol. The van der Waals surface area contributed by atoms with E-state index in [0.29, 0.717) is 13.2 Å². The molecule has 0 aromatic heterocycles. The van der Waals surface area contributed by atoms with Gasteiger partial charge in [0.15, 0.2) is 0 Å². The summed E-state index contributed by atoms with van der Waals surface area (Å²) in [5.41, 5.74) is 1.27. The second kappa shape index (κ2) is 10.8. The Hall–Kier alpha value is -2.12. The predicted octanol–water partition coefficient (Wildman–Crippen LogP) is 1.10. The van der Waals surface area contributed by atoms with Crippen molar-refractivity contribution in [2.24, 2.45) is 0 Å². The lowest BCUT2D eigenvalue weighted by Crippen LogP contribution is -2.55. The summed E-state index contributed by atoms with van der Waals surface area (Å²) in [5.74, 6) is -0.196. The van der Waals surface area contributed by atoms with Crippen LogP contribution in [0.1, 0.15) is 25.8 Å². The van der Waals surface area contributed by atoms with Crippen molar-refractivity contribution in [1.29, 1.82) is 0 Å². The summed E-state index contributed by atoms with van der Waals surface area (Å²) in [6.45, 7) is 7.56. The van der Waals surface area contributed by atoms with Gasteiger partial charge < -0.3 is 20.7 Å². The molecule has 7 nitrogen and oxygen atoms in total. The quantitative estimate of drug-likeness (QED) is 0.647. The topological polar surface area (TPSA) is 82.7 Å². The van der Waals surface area contributed by atoms with Crippen LogP contribution in [0.4, 0.5) is 4.79 Å². The number of nitrogens with one attached hydrogen (secondary N) is 3. The standard InChI is InChI=1S/C19H30N4O3/c1-3-16(22-19(25)21-12-18(24)20-4-2)17-14-23(10-11-26-17)13-15-8-6-5-7-9-15/h5-9,16-17H,3-4,10-14H2,1-2H3,(H,20,24)(H2,21,22,25). The highest BCUT2D eigenvalue weighted by molar-refractivity contribution is 5.83. The average Bonchev–Trinajstić information content (AvgIpc) is 2.66. The lowest BCUT2D eigenvalue weighted by atomic mass is 10.1. The van der Waals surface area contributed by atoms with E-state index in [1.165, 1.54) is 5.56 Å². The van der Waals surface area contributed by atoms with Crippen molar-refractivity contribution in [3.05, 3.63) is 35.9 Å². The van der Waals surface area contributed by atoms with Crippen LogP contribution in [0, 0.1) is 0 Å². The van der Waals surface area contributed by atoms with Gasteiger partial charge in [0, 0.05) is 26.2 Å². The second-order valence-corrected chi connectivity index (χ2v) is 6.43. The van der Waals surface area contributed by atoms with E-state index in [2.05, 4.69) is 33.0 Å². The maximum Gasteiger partial charge on any atom is 0.315 e. The molecule has 7 heteroatoms. The Morgan fingerprint density at radius 1 is 1.23 bits per heavy atom. The Morgan fingerprint density at radius 3 is 2.69 bits per heavy atom. The number of nitrogens with zero attached hydrogens (tertiary/aromatic N) is 1. The highest BCUT2D eigenvalue weighted by Gasteiger charge is 2.28. The molecule has 0 spiro atoms. The van der Waals surface area contributed by atoms with Gasteiger partial charge in [-0.2, -0.15) is 0 Å². The number of morpholine rings is 1. The van der Waals surface area contributed by atoms with Crippen molar-refractivity contribution >= 4 is 11.9 Å². The van der Waals surface area contributed by atoms with Gasteiger partial charge >= 0.3 is 6.03 Å². The van der Waals surface area contributed by atoms with Crippen molar-refractivity contribution < 1.29 is 14.3 Å². The molecule has 0 aliphatic carbocycles. The molecule has 1 fully saturated rings. The predicted molar refractivity (Wildman–Crippen MR) is 101 cm³/mol. The second-order valence-electron chi connectivity index (χ2n) is 6.43. The van der Waals surface area contributed by atoms with Gasteiger partial charge in [0.1, 0.15) is 0 Å². The normalized spacial score (nSPS) is 18.8. The molecule has 2 rings (SSSR count). The third-order valence-electron chi connectivity index (χ3n) is 4.42. The monoisotopic (exact) mass is 362 g/mol. The third kappa shape index (κ3) is 6.65. The summed E-state index contributed by atoms with van der Waals surface area (Å²) < 4.78 is 5.90. The van der Waals surface area contributed by atoms with E-state index in [1.54, 1.807) is 0 Å². The number of carbonyl (C=O) groups is 2. The molecule has 2 unspecified atom stereocenters. The Balaban J connectivity index is 1.82. The van der Waals surface area contributed by atoms with Crippen LogP contribution in [0.3, 0.4) is 0 Å². The van der Waals surface area contributed by atoms with Crippen LogP contribution in [-0.2, 0) is 16.1 Å². The molecule has 144 valence electrons. The van der Waals surface area contributed by atoms with Gasteiger partial charge in [-0.05, 0) is 18.9 Å². The number of rotatable bonds is 8. The molecule has 0 radical (unpaired) electrons. The molecule has 0 saturated carbocycles. The molecule has 1 aliphatic rings. The van der Waals surface area contributed by atoms with Crippen LogP contribution < -0.4 is 16.0 Å². The smallest absolute Gasteiger partial charge is 0.315 e. The fourth-order valence-corrected chi connectivity index (χ4v) is 3.06. The summed E-state index contributed by atoms with van der Waals surface area (Å²) in [6.07, 6.45) is 0.700. The van der Waals surface area contributed by atoms with Crippen molar-refractivity contribution in [1.82, 2.24) is 20.9 Å². The zero-order valence-electron chi connectivity index (χ0n) is 15.7. The summed E-state index contributed by atoms with van der Waals surface area (Å²) in [7, 11) is 0. The van der Waals surface area contributed by atoms with Gasteiger partial charge in [-0.25, -0.2) is 4.79 Å². The number of carbonyl (C=O) groups excluding carboxylic acids is 2. The summed E-state index contributed by atoms with van der Waals surface area (Å²) >= 11 is 0. The van der Waals surface area contributed by atoms with Crippen molar-refractivity contribution in [2.75, 3.05) is 32.8 Å². The lowest BCUT2D eigenvalue weighted by Gasteiger charge is -2.37. The number of hydrogen-bond donors (Lipinski definition) is 3. The van der Waals surface area contributed by atoms with Gasteiger partial charge in [-0.15, -0.1) is 0 Å². The van der Waals surface area contributed by atoms with Gasteiger partial charge in [-0.3, -0.25) is 9.69 Å². The van der Waals surface area contributed by atoms with Crippen LogP contribution >= 0.6 is 0 Å². The third-order valence-corrected chi connectivity index (χ3v) is 4.42. The Kier molecular flexibility index (Phi) is 8.37. The van der Waals surface area contributed by atoms with Crippen LogP contribution in [-0.4, -0.2) is 61.8 Å². The first-order valence-electron chi connectivity index (χ1n) is 9.31. The van der Waals surface area contributed by atoms with Crippen molar-refractivity contribution in [3.63, 3.8) is 0 Å². The van der Waals surface area contributed by atoms with Crippen LogP contribution in [0.15, 0.2) is 30.3 Å². The zero-order valence-corrected chi connectivity index (χ0v) is 15.7. The van der Waals surface area contributed by atoms with E-state index in [-0.39, 0.29) is 30.6 Å². The largest absolute Gasteiger partial charge is 0.373 e. The molecule has 1 saturated heterocycles. The number of amides is 3. The molecule has 3 N–H and O–H groups in total. The summed E-state index contributed by atoms with van der Waals surface area (Å²) in [4.78, 5) is 25.8. The molecule has 1 aromatic rings. The Morgan fingerprint density at radius 2 is 2.00 bits per heavy atom. The van der Waals surface area contributed by atoms with E-state index >= 15 is 0 Å². The average molecular weight is 362 g/mol. The van der Waals surface area contributed by atoms with E-state index in [0.717, 1.165) is 26.1 Å². The SMILES string of the molecule is CCNC(=O)CNC(=O)NC(CC)C1CN(Cc2ccccc2)CCO1. The molecule has 1 heterocycles. The molecule has 0 bridgehead atoms. The Bertz CT molecular complexity index is 567. The maximum absolute atomic E-state index is 12.1. The first-order valence-corrected chi connectivity index (χ1v) is 9.31. The van der Waals surface area contributed by atoms with Crippen molar-refractivity contribution in [3.8, 4) is 0 Å². The highest BCUT2D eigenvalue weighted by Crippen LogP contribution is 2.14. The molecule has 1 aliphatic heterocycles. The number of hydrogen-bond acceptors (Lipinski definition) is 4. The van der Waals surface area contributed by atoms with Crippen LogP contribution in [0.25, 0.3) is 0 Å². The van der Waals surface area contributed by atoms with E-state index in [1.807, 2.05) is 32.0 Å². The van der Waals surface area contributed by atoms with Gasteiger partial charge in [-0.1, -0.05) is 37.3 Å². The first kappa shape index (κ1) is 20.2. The highest BCUT2D eigenvalue weighted by atomic mass is 16.5. The minimum absolute atomic E-state index is 0.0260. The molecule has 1 aromatic carbocycles. The number of ether oxygens (including phenoxy) is 1. The van der Waals surface area contributed by atoms with E-state index in [4.69, 9.17) is 4.74 Å². The summed E-state index contributed by atoms with van der Waals surface area (Å²) in [5, 5.41) is 8.18. The number of urea groups is 1. The number of benzene rings is 1. The molecule has 3 amide bonds. The fraction of sp³-hybridized carbons (Fsp3) is 0.579. The minimum Gasteiger partial charge on any atom is -0.373 e. The van der Waals surface area contributed by atoms with E-state index in [9.17, 15) is 9.59 Å². The molecule has 2 atom stereocenters. The minimum atomic E-state index is -0.341. The molecule has 26 heavy (non-hydrogen) atoms. The van der Waals surface area contributed by atoms with Crippen molar-refractivity contribution in [2.45, 2.75) is 39.0 Å². The molecular formula is C19H30N4O3.